The Morgan fingerprint density at radius 3 is 3.10 bits per heavy atom. The topological polar surface area (TPSA) is 68.0 Å². The SMILES string of the molecule is C=CCC(C)n1c(SCC(=O)O)nc2cc(Br)cnc21. The van der Waals surface area contributed by atoms with E-state index in [9.17, 15) is 4.79 Å². The Morgan fingerprint density at radius 2 is 2.45 bits per heavy atom. The molecular weight excluding hydrogens is 342 g/mol. The lowest BCUT2D eigenvalue weighted by molar-refractivity contribution is -0.133. The van der Waals surface area contributed by atoms with Crippen LogP contribution < -0.4 is 0 Å². The van der Waals surface area contributed by atoms with Crippen LogP contribution in [0.15, 0.2) is 34.5 Å². The highest BCUT2D eigenvalue weighted by atomic mass is 79.9. The molecule has 0 aromatic carbocycles. The van der Waals surface area contributed by atoms with Crippen molar-refractivity contribution >= 4 is 44.8 Å². The number of pyridine rings is 1. The lowest BCUT2D eigenvalue weighted by Crippen LogP contribution is -2.08. The number of carboxylic acids is 1. The Bertz CT molecular complexity index is 656. The maximum absolute atomic E-state index is 10.8. The molecule has 20 heavy (non-hydrogen) atoms. The summed E-state index contributed by atoms with van der Waals surface area (Å²) >= 11 is 4.57. The van der Waals surface area contributed by atoms with Crippen LogP contribution in [0.3, 0.4) is 0 Å². The van der Waals surface area contributed by atoms with Crippen molar-refractivity contribution in [1.29, 1.82) is 0 Å². The van der Waals surface area contributed by atoms with Gasteiger partial charge in [-0.05, 0) is 35.3 Å². The lowest BCUT2D eigenvalue weighted by atomic mass is 10.2. The number of halogens is 1. The van der Waals surface area contributed by atoms with Crippen LogP contribution in [0, 0.1) is 0 Å². The van der Waals surface area contributed by atoms with Gasteiger partial charge < -0.3 is 9.67 Å². The molecule has 0 amide bonds. The van der Waals surface area contributed by atoms with Crippen LogP contribution in [0.4, 0.5) is 0 Å². The second-order valence-electron chi connectivity index (χ2n) is 4.32. The molecule has 0 saturated carbocycles. The third kappa shape index (κ3) is 3.21. The molecule has 0 bridgehead atoms. The van der Waals surface area contributed by atoms with E-state index in [0.717, 1.165) is 22.1 Å². The van der Waals surface area contributed by atoms with Gasteiger partial charge in [0.15, 0.2) is 10.8 Å². The van der Waals surface area contributed by atoms with Crippen molar-refractivity contribution in [3.63, 3.8) is 0 Å². The number of allylic oxidation sites excluding steroid dienone is 1. The van der Waals surface area contributed by atoms with Gasteiger partial charge in [0, 0.05) is 16.7 Å². The Hall–Kier alpha value is -1.34. The molecule has 2 aromatic heterocycles. The van der Waals surface area contributed by atoms with Gasteiger partial charge in [0.05, 0.1) is 5.75 Å². The fourth-order valence-electron chi connectivity index (χ4n) is 1.91. The Labute approximate surface area is 129 Å². The predicted molar refractivity (Wildman–Crippen MR) is 83.1 cm³/mol. The molecule has 2 heterocycles. The third-order valence-corrected chi connectivity index (χ3v) is 4.11. The molecule has 0 aliphatic carbocycles. The standard InChI is InChI=1S/C13H14BrN3O2S/c1-3-4-8(2)17-12-10(5-9(14)6-15-12)16-13(17)20-7-11(18)19/h3,5-6,8H,1,4,7H2,2H3,(H,18,19). The van der Waals surface area contributed by atoms with Gasteiger partial charge in [-0.25, -0.2) is 9.97 Å². The molecule has 0 aliphatic heterocycles. The van der Waals surface area contributed by atoms with Crippen molar-refractivity contribution in [3.05, 3.63) is 29.4 Å². The first-order valence-electron chi connectivity index (χ1n) is 6.02. The Kier molecular flexibility index (Phi) is 4.82. The largest absolute Gasteiger partial charge is 0.481 e. The molecule has 106 valence electrons. The Balaban J connectivity index is 2.49. The summed E-state index contributed by atoms with van der Waals surface area (Å²) in [5, 5.41) is 9.50. The molecule has 0 fully saturated rings. The molecule has 1 unspecified atom stereocenters. The van der Waals surface area contributed by atoms with E-state index in [0.29, 0.717) is 5.16 Å². The average Bonchev–Trinajstić information content (AvgIpc) is 2.74. The van der Waals surface area contributed by atoms with Gasteiger partial charge in [-0.3, -0.25) is 4.79 Å². The highest BCUT2D eigenvalue weighted by Gasteiger charge is 2.17. The molecule has 0 aliphatic rings. The number of aromatic nitrogens is 3. The fourth-order valence-corrected chi connectivity index (χ4v) is 3.05. The highest BCUT2D eigenvalue weighted by molar-refractivity contribution is 9.10. The molecule has 2 rings (SSSR count). The first kappa shape index (κ1) is 15.1. The summed E-state index contributed by atoms with van der Waals surface area (Å²) in [6.45, 7) is 5.79. The summed E-state index contributed by atoms with van der Waals surface area (Å²) in [7, 11) is 0. The lowest BCUT2D eigenvalue weighted by Gasteiger charge is -2.14. The van der Waals surface area contributed by atoms with Crippen molar-refractivity contribution in [2.75, 3.05) is 5.75 Å². The maximum atomic E-state index is 10.8. The zero-order chi connectivity index (χ0) is 14.7. The zero-order valence-corrected chi connectivity index (χ0v) is 13.3. The van der Waals surface area contributed by atoms with E-state index < -0.39 is 5.97 Å². The number of aliphatic carboxylic acids is 1. The van der Waals surface area contributed by atoms with Crippen molar-refractivity contribution < 1.29 is 9.90 Å². The molecule has 1 N–H and O–H groups in total. The minimum Gasteiger partial charge on any atom is -0.481 e. The van der Waals surface area contributed by atoms with Gasteiger partial charge >= 0.3 is 5.97 Å². The number of rotatable bonds is 6. The van der Waals surface area contributed by atoms with Gasteiger partial charge in [-0.1, -0.05) is 17.8 Å². The summed E-state index contributed by atoms with van der Waals surface area (Å²) in [5.74, 6) is -0.884. The van der Waals surface area contributed by atoms with E-state index in [1.54, 1.807) is 6.20 Å². The molecule has 0 saturated heterocycles. The van der Waals surface area contributed by atoms with Crippen LogP contribution in [0.5, 0.6) is 0 Å². The van der Waals surface area contributed by atoms with Crippen LogP contribution in [0.1, 0.15) is 19.4 Å². The number of imidazole rings is 1. The van der Waals surface area contributed by atoms with E-state index in [2.05, 4.69) is 32.5 Å². The third-order valence-electron chi connectivity index (χ3n) is 2.74. The van der Waals surface area contributed by atoms with E-state index in [1.165, 1.54) is 11.8 Å². The first-order chi connectivity index (χ1) is 9.52. The van der Waals surface area contributed by atoms with E-state index in [1.807, 2.05) is 23.6 Å². The second-order valence-corrected chi connectivity index (χ2v) is 6.17. The normalized spacial score (nSPS) is 12.5. The monoisotopic (exact) mass is 355 g/mol. The Morgan fingerprint density at radius 1 is 1.70 bits per heavy atom. The van der Waals surface area contributed by atoms with Crippen LogP contribution in [-0.2, 0) is 4.79 Å². The van der Waals surface area contributed by atoms with E-state index >= 15 is 0 Å². The number of hydrogen-bond acceptors (Lipinski definition) is 4. The van der Waals surface area contributed by atoms with Gasteiger partial charge in [-0.15, -0.1) is 6.58 Å². The van der Waals surface area contributed by atoms with Crippen LogP contribution in [0.2, 0.25) is 0 Å². The number of carbonyl (C=O) groups is 1. The highest BCUT2D eigenvalue weighted by Crippen LogP contribution is 2.29. The molecule has 2 aromatic rings. The van der Waals surface area contributed by atoms with Crippen molar-refractivity contribution in [1.82, 2.24) is 14.5 Å². The molecule has 0 radical (unpaired) electrons. The quantitative estimate of drug-likeness (QED) is 0.634. The van der Waals surface area contributed by atoms with E-state index in [4.69, 9.17) is 5.11 Å². The summed E-state index contributed by atoms with van der Waals surface area (Å²) in [6, 6.07) is 2.01. The second kappa shape index (κ2) is 6.41. The number of carboxylic acid groups (broad SMARTS) is 1. The summed E-state index contributed by atoms with van der Waals surface area (Å²) in [4.78, 5) is 19.6. The van der Waals surface area contributed by atoms with Gasteiger partial charge in [-0.2, -0.15) is 0 Å². The summed E-state index contributed by atoms with van der Waals surface area (Å²) < 4.78 is 2.82. The van der Waals surface area contributed by atoms with E-state index in [-0.39, 0.29) is 11.8 Å². The summed E-state index contributed by atoms with van der Waals surface area (Å²) in [5.41, 5.74) is 1.51. The van der Waals surface area contributed by atoms with Crippen molar-refractivity contribution in [2.24, 2.45) is 0 Å². The van der Waals surface area contributed by atoms with Gasteiger partial charge in [0.25, 0.3) is 0 Å². The van der Waals surface area contributed by atoms with Crippen LogP contribution >= 0.6 is 27.7 Å². The average molecular weight is 356 g/mol. The number of nitrogens with zero attached hydrogens (tertiary/aromatic N) is 3. The van der Waals surface area contributed by atoms with Gasteiger partial charge in [0.1, 0.15) is 5.52 Å². The fraction of sp³-hybridized carbons (Fsp3) is 0.308. The number of hydrogen-bond donors (Lipinski definition) is 1. The zero-order valence-electron chi connectivity index (χ0n) is 10.9. The van der Waals surface area contributed by atoms with Crippen LogP contribution in [0.25, 0.3) is 11.2 Å². The minimum atomic E-state index is -0.862. The molecule has 1 atom stereocenters. The van der Waals surface area contributed by atoms with Crippen LogP contribution in [-0.4, -0.2) is 31.4 Å². The van der Waals surface area contributed by atoms with Gasteiger partial charge in [0.2, 0.25) is 0 Å². The number of fused-ring (bicyclic) bond motifs is 1. The summed E-state index contributed by atoms with van der Waals surface area (Å²) in [6.07, 6.45) is 4.32. The van der Waals surface area contributed by atoms with Crippen molar-refractivity contribution in [2.45, 2.75) is 24.5 Å². The number of thioether (sulfide) groups is 1. The maximum Gasteiger partial charge on any atom is 0.313 e. The predicted octanol–water partition coefficient (Wildman–Crippen LogP) is 3.51. The first-order valence-corrected chi connectivity index (χ1v) is 7.79. The molecule has 0 spiro atoms. The molecule has 5 nitrogen and oxygen atoms in total. The molecule has 7 heteroatoms. The van der Waals surface area contributed by atoms with Crippen molar-refractivity contribution in [3.8, 4) is 0 Å². The minimum absolute atomic E-state index is 0.0225. The molecular formula is C13H14BrN3O2S. The smallest absolute Gasteiger partial charge is 0.313 e.